The molecule has 0 aliphatic carbocycles. The molecule has 0 rings (SSSR count). The van der Waals surface area contributed by atoms with E-state index in [-0.39, 0.29) is 5.54 Å². The zero-order valence-corrected chi connectivity index (χ0v) is 8.65. The average Bonchev–Trinajstić information content (AvgIpc) is 1.84. The highest BCUT2D eigenvalue weighted by Gasteiger charge is 2.16. The summed E-state index contributed by atoms with van der Waals surface area (Å²) in [5, 5.41) is 12.9. The normalized spacial score (nSPS) is 17.1. The Morgan fingerprint density at radius 2 is 1.83 bits per heavy atom. The molecule has 0 aromatic rings. The lowest BCUT2D eigenvalue weighted by atomic mass is 10.0. The Morgan fingerprint density at radius 1 is 1.33 bits per heavy atom. The summed E-state index contributed by atoms with van der Waals surface area (Å²) < 4.78 is 0. The van der Waals surface area contributed by atoms with Gasteiger partial charge in [0.1, 0.15) is 0 Å². The van der Waals surface area contributed by atoms with Crippen LogP contribution in [-0.2, 0) is 0 Å². The smallest absolute Gasteiger partial charge is 0.0809 e. The average molecular weight is 171 g/mol. The number of hydrogen-bond donors (Lipinski definition) is 2. The molecule has 2 nitrogen and oxygen atoms in total. The summed E-state index contributed by atoms with van der Waals surface area (Å²) in [6, 6.07) is 0. The zero-order chi connectivity index (χ0) is 9.83. The van der Waals surface area contributed by atoms with Crippen molar-refractivity contribution in [2.75, 3.05) is 6.54 Å². The van der Waals surface area contributed by atoms with Crippen molar-refractivity contribution in [3.63, 3.8) is 0 Å². The second kappa shape index (κ2) is 4.06. The van der Waals surface area contributed by atoms with E-state index in [1.165, 1.54) is 0 Å². The van der Waals surface area contributed by atoms with Crippen LogP contribution in [0.25, 0.3) is 0 Å². The van der Waals surface area contributed by atoms with Gasteiger partial charge in [0.2, 0.25) is 0 Å². The lowest BCUT2D eigenvalue weighted by Crippen LogP contribution is -2.39. The molecule has 1 unspecified atom stereocenters. The third-order valence-corrected chi connectivity index (χ3v) is 1.73. The van der Waals surface area contributed by atoms with Gasteiger partial charge in [0.25, 0.3) is 0 Å². The highest BCUT2D eigenvalue weighted by molar-refractivity contribution is 4.92. The first-order chi connectivity index (χ1) is 5.27. The summed E-state index contributed by atoms with van der Waals surface area (Å²) in [6.07, 6.45) is 2.28. The second-order valence-electron chi connectivity index (χ2n) is 4.49. The minimum absolute atomic E-state index is 0.122. The van der Waals surface area contributed by atoms with Gasteiger partial charge in [-0.1, -0.05) is 6.08 Å². The van der Waals surface area contributed by atoms with E-state index < -0.39 is 5.60 Å². The Labute approximate surface area is 75.7 Å². The second-order valence-corrected chi connectivity index (χ2v) is 4.49. The molecule has 2 N–H and O–H groups in total. The first-order valence-electron chi connectivity index (χ1n) is 4.38. The van der Waals surface area contributed by atoms with E-state index in [9.17, 15) is 5.11 Å². The van der Waals surface area contributed by atoms with Gasteiger partial charge in [0.15, 0.2) is 0 Å². The van der Waals surface area contributed by atoms with Crippen LogP contribution in [0.2, 0.25) is 0 Å². The van der Waals surface area contributed by atoms with Crippen molar-refractivity contribution in [3.8, 4) is 0 Å². The summed E-state index contributed by atoms with van der Waals surface area (Å²) in [5.74, 6) is 0. The van der Waals surface area contributed by atoms with Crippen molar-refractivity contribution in [1.29, 1.82) is 0 Å². The predicted molar refractivity (Wildman–Crippen MR) is 53.2 cm³/mol. The molecule has 0 fully saturated rings. The fourth-order valence-electron chi connectivity index (χ4n) is 0.793. The fourth-order valence-corrected chi connectivity index (χ4v) is 0.793. The maximum absolute atomic E-state index is 9.56. The van der Waals surface area contributed by atoms with Gasteiger partial charge in [0.05, 0.1) is 5.60 Å². The zero-order valence-electron chi connectivity index (χ0n) is 8.65. The van der Waals surface area contributed by atoms with E-state index in [1.54, 1.807) is 13.0 Å². The molecule has 12 heavy (non-hydrogen) atoms. The molecule has 0 saturated heterocycles. The fraction of sp³-hybridized carbons (Fsp3) is 0.800. The van der Waals surface area contributed by atoms with E-state index in [1.807, 2.05) is 0 Å². The van der Waals surface area contributed by atoms with Crippen molar-refractivity contribution in [3.05, 3.63) is 12.7 Å². The maximum atomic E-state index is 9.56. The Morgan fingerprint density at radius 3 is 2.17 bits per heavy atom. The molecular weight excluding hydrogens is 150 g/mol. The minimum Gasteiger partial charge on any atom is -0.386 e. The van der Waals surface area contributed by atoms with E-state index in [4.69, 9.17) is 0 Å². The Kier molecular flexibility index (Phi) is 3.94. The third-order valence-electron chi connectivity index (χ3n) is 1.73. The summed E-state index contributed by atoms with van der Waals surface area (Å²) >= 11 is 0. The summed E-state index contributed by atoms with van der Waals surface area (Å²) in [4.78, 5) is 0. The van der Waals surface area contributed by atoms with Gasteiger partial charge < -0.3 is 10.4 Å². The molecule has 72 valence electrons. The topological polar surface area (TPSA) is 32.3 Å². The molecule has 0 aliphatic rings. The highest BCUT2D eigenvalue weighted by atomic mass is 16.3. The first kappa shape index (κ1) is 11.7. The minimum atomic E-state index is -0.738. The van der Waals surface area contributed by atoms with Crippen LogP contribution in [-0.4, -0.2) is 22.8 Å². The molecule has 0 saturated carbocycles. The number of hydrogen-bond acceptors (Lipinski definition) is 2. The van der Waals surface area contributed by atoms with Gasteiger partial charge in [-0.3, -0.25) is 0 Å². The van der Waals surface area contributed by atoms with Gasteiger partial charge in [-0.05, 0) is 40.7 Å². The standard InChI is InChI=1S/C10H21NO/c1-6-10(5,12)7-8-11-9(2,3)4/h6,11-12H,1,7-8H2,2-5H3. The van der Waals surface area contributed by atoms with Crippen LogP contribution in [0, 0.1) is 0 Å². The van der Waals surface area contributed by atoms with E-state index in [2.05, 4.69) is 32.7 Å². The molecule has 0 bridgehead atoms. The van der Waals surface area contributed by atoms with Crippen LogP contribution in [0.15, 0.2) is 12.7 Å². The molecule has 1 atom stereocenters. The Hall–Kier alpha value is -0.340. The molecule has 0 aliphatic heterocycles. The van der Waals surface area contributed by atoms with Crippen molar-refractivity contribution in [2.24, 2.45) is 0 Å². The molecule has 0 aromatic carbocycles. The third kappa shape index (κ3) is 6.38. The molecule has 2 heteroatoms. The molecule has 0 amide bonds. The van der Waals surface area contributed by atoms with Crippen molar-refractivity contribution in [2.45, 2.75) is 45.3 Å². The molecule has 0 radical (unpaired) electrons. The van der Waals surface area contributed by atoms with Crippen molar-refractivity contribution >= 4 is 0 Å². The van der Waals surface area contributed by atoms with Crippen LogP contribution in [0.3, 0.4) is 0 Å². The SMILES string of the molecule is C=CC(C)(O)CCNC(C)(C)C. The van der Waals surface area contributed by atoms with Crippen LogP contribution in [0.5, 0.6) is 0 Å². The van der Waals surface area contributed by atoms with Crippen LogP contribution in [0.4, 0.5) is 0 Å². The summed E-state index contributed by atoms with van der Waals surface area (Å²) in [6.45, 7) is 12.5. The van der Waals surface area contributed by atoms with Crippen molar-refractivity contribution < 1.29 is 5.11 Å². The van der Waals surface area contributed by atoms with Crippen molar-refractivity contribution in [1.82, 2.24) is 5.32 Å². The molecular formula is C10H21NO. The van der Waals surface area contributed by atoms with Gasteiger partial charge >= 0.3 is 0 Å². The Balaban J connectivity index is 3.64. The highest BCUT2D eigenvalue weighted by Crippen LogP contribution is 2.09. The first-order valence-corrected chi connectivity index (χ1v) is 4.38. The lowest BCUT2D eigenvalue weighted by molar-refractivity contribution is 0.0999. The van der Waals surface area contributed by atoms with E-state index in [0.717, 1.165) is 6.54 Å². The number of rotatable bonds is 4. The van der Waals surface area contributed by atoms with E-state index in [0.29, 0.717) is 6.42 Å². The number of aliphatic hydroxyl groups is 1. The lowest BCUT2D eigenvalue weighted by Gasteiger charge is -2.24. The molecule has 0 aromatic heterocycles. The van der Waals surface area contributed by atoms with Gasteiger partial charge in [-0.15, -0.1) is 6.58 Å². The monoisotopic (exact) mass is 171 g/mol. The Bertz CT molecular complexity index is 144. The predicted octanol–water partition coefficient (Wildman–Crippen LogP) is 1.70. The van der Waals surface area contributed by atoms with E-state index >= 15 is 0 Å². The maximum Gasteiger partial charge on any atom is 0.0809 e. The van der Waals surface area contributed by atoms with Gasteiger partial charge in [0, 0.05) is 5.54 Å². The summed E-state index contributed by atoms with van der Waals surface area (Å²) in [5.41, 5.74) is -0.616. The van der Waals surface area contributed by atoms with Gasteiger partial charge in [-0.2, -0.15) is 0 Å². The molecule has 0 spiro atoms. The van der Waals surface area contributed by atoms with Gasteiger partial charge in [-0.25, -0.2) is 0 Å². The van der Waals surface area contributed by atoms with Crippen LogP contribution >= 0.6 is 0 Å². The quantitative estimate of drug-likeness (QED) is 0.631. The molecule has 0 heterocycles. The number of nitrogens with one attached hydrogen (secondary N) is 1. The summed E-state index contributed by atoms with van der Waals surface area (Å²) in [7, 11) is 0. The van der Waals surface area contributed by atoms with Crippen LogP contribution < -0.4 is 5.32 Å². The van der Waals surface area contributed by atoms with Crippen LogP contribution in [0.1, 0.15) is 34.1 Å². The largest absolute Gasteiger partial charge is 0.386 e.